The molecule has 2 aliphatic carbocycles. The van der Waals surface area contributed by atoms with Crippen LogP contribution in [0.15, 0.2) is 60.7 Å². The summed E-state index contributed by atoms with van der Waals surface area (Å²) in [6.45, 7) is 1.97. The maximum Gasteiger partial charge on any atom is 0.234 e. The van der Waals surface area contributed by atoms with Gasteiger partial charge >= 0.3 is 0 Å². The first-order chi connectivity index (χ1) is 14.9. The smallest absolute Gasteiger partial charge is 0.234 e. The van der Waals surface area contributed by atoms with Crippen LogP contribution in [-0.2, 0) is 14.4 Å². The molecule has 6 nitrogen and oxygen atoms in total. The van der Waals surface area contributed by atoms with E-state index in [2.05, 4.69) is 17.5 Å². The number of aryl methyl sites for hydroxylation is 1. The quantitative estimate of drug-likeness (QED) is 0.443. The third-order valence-corrected chi connectivity index (χ3v) is 6.81. The van der Waals surface area contributed by atoms with Crippen molar-refractivity contribution in [1.82, 2.24) is 4.90 Å². The molecule has 2 N–H and O–H groups in total. The molecule has 0 aromatic heterocycles. The molecule has 158 valence electrons. The summed E-state index contributed by atoms with van der Waals surface area (Å²) in [5, 5.41) is 12.2. The van der Waals surface area contributed by atoms with Gasteiger partial charge in [-0.05, 0) is 55.0 Å². The summed E-state index contributed by atoms with van der Waals surface area (Å²) in [7, 11) is 0. The van der Waals surface area contributed by atoms with E-state index >= 15 is 0 Å². The van der Waals surface area contributed by atoms with E-state index in [9.17, 15) is 19.5 Å². The molecule has 2 aromatic rings. The van der Waals surface area contributed by atoms with E-state index in [1.54, 1.807) is 12.1 Å². The highest BCUT2D eigenvalue weighted by Crippen LogP contribution is 2.54. The lowest BCUT2D eigenvalue weighted by Crippen LogP contribution is -2.38. The van der Waals surface area contributed by atoms with Gasteiger partial charge in [-0.25, -0.2) is 0 Å². The van der Waals surface area contributed by atoms with E-state index in [1.165, 1.54) is 17.0 Å². The fourth-order valence-corrected chi connectivity index (χ4v) is 5.31. The molecule has 0 spiro atoms. The summed E-state index contributed by atoms with van der Waals surface area (Å²) >= 11 is 0. The molecule has 0 radical (unpaired) electrons. The molecule has 1 saturated heterocycles. The zero-order chi connectivity index (χ0) is 21.7. The Morgan fingerprint density at radius 3 is 2.16 bits per heavy atom. The third-order valence-electron chi connectivity index (χ3n) is 6.81. The number of hydrogen-bond acceptors (Lipinski definition) is 4. The zero-order valence-electron chi connectivity index (χ0n) is 17.2. The van der Waals surface area contributed by atoms with Gasteiger partial charge in [-0.15, -0.1) is 0 Å². The van der Waals surface area contributed by atoms with Crippen molar-refractivity contribution in [3.05, 3.63) is 71.8 Å². The lowest BCUT2D eigenvalue weighted by atomic mass is 9.85. The van der Waals surface area contributed by atoms with Gasteiger partial charge in [0.1, 0.15) is 5.75 Å². The van der Waals surface area contributed by atoms with E-state index in [0.29, 0.717) is 5.69 Å². The van der Waals surface area contributed by atoms with Crippen molar-refractivity contribution in [2.24, 2.45) is 23.7 Å². The van der Waals surface area contributed by atoms with E-state index < -0.39 is 6.04 Å². The number of rotatable bonds is 5. The first-order valence-electron chi connectivity index (χ1n) is 10.6. The minimum absolute atomic E-state index is 0.0242. The molecule has 2 bridgehead atoms. The molecule has 2 aromatic carbocycles. The number of imide groups is 1. The van der Waals surface area contributed by atoms with Crippen LogP contribution in [0.3, 0.4) is 0 Å². The largest absolute Gasteiger partial charge is 0.508 e. The molecule has 6 heteroatoms. The first kappa shape index (κ1) is 19.5. The van der Waals surface area contributed by atoms with Crippen molar-refractivity contribution >= 4 is 23.4 Å². The molecule has 3 aliphatic rings. The van der Waals surface area contributed by atoms with Crippen molar-refractivity contribution in [1.29, 1.82) is 0 Å². The summed E-state index contributed by atoms with van der Waals surface area (Å²) in [5.41, 5.74) is 2.38. The molecule has 5 unspecified atom stereocenters. The van der Waals surface area contributed by atoms with Crippen molar-refractivity contribution < 1.29 is 19.5 Å². The van der Waals surface area contributed by atoms with Gasteiger partial charge in [-0.1, -0.05) is 42.0 Å². The van der Waals surface area contributed by atoms with E-state index in [4.69, 9.17) is 0 Å². The van der Waals surface area contributed by atoms with Gasteiger partial charge in [0.05, 0.1) is 24.3 Å². The van der Waals surface area contributed by atoms with Crippen LogP contribution >= 0.6 is 0 Å². The second-order valence-corrected chi connectivity index (χ2v) is 8.77. The van der Waals surface area contributed by atoms with Crippen LogP contribution < -0.4 is 5.32 Å². The number of likely N-dealkylation sites (tertiary alicyclic amines) is 1. The Balaban J connectivity index is 1.43. The van der Waals surface area contributed by atoms with E-state index in [0.717, 1.165) is 17.5 Å². The molecule has 1 saturated carbocycles. The summed E-state index contributed by atoms with van der Waals surface area (Å²) < 4.78 is 0. The van der Waals surface area contributed by atoms with Gasteiger partial charge in [0.2, 0.25) is 17.7 Å². The topological polar surface area (TPSA) is 86.7 Å². The standard InChI is InChI=1S/C25H24N2O4/c1-14-2-4-15(5-3-14)20(13-21(29)26-18-8-10-19(28)11-9-18)27-24(30)22-16-6-7-17(12-16)23(22)25(27)31/h2-11,16-17,20,22-23,28H,12-13H2,1H3,(H,26,29). The van der Waals surface area contributed by atoms with Gasteiger partial charge in [-0.2, -0.15) is 0 Å². The van der Waals surface area contributed by atoms with Crippen molar-refractivity contribution in [3.8, 4) is 5.75 Å². The van der Waals surface area contributed by atoms with Crippen LogP contribution in [0.4, 0.5) is 5.69 Å². The number of carbonyl (C=O) groups is 3. The Hall–Kier alpha value is -3.41. The van der Waals surface area contributed by atoms with Gasteiger partial charge in [-0.3, -0.25) is 19.3 Å². The first-order valence-corrected chi connectivity index (χ1v) is 10.6. The highest BCUT2D eigenvalue weighted by Gasteiger charge is 2.60. The number of anilines is 1. The average Bonchev–Trinajstić information content (AvgIpc) is 3.43. The van der Waals surface area contributed by atoms with Crippen molar-refractivity contribution in [2.75, 3.05) is 5.32 Å². The fraction of sp³-hybridized carbons (Fsp3) is 0.320. The van der Waals surface area contributed by atoms with Crippen LogP contribution in [0.1, 0.15) is 30.0 Å². The Kier molecular flexibility index (Phi) is 4.65. The maximum absolute atomic E-state index is 13.4. The maximum atomic E-state index is 13.4. The van der Waals surface area contributed by atoms with Crippen LogP contribution in [0, 0.1) is 30.6 Å². The summed E-state index contributed by atoms with van der Waals surface area (Å²) in [6, 6.07) is 13.2. The third kappa shape index (κ3) is 3.32. The number of hydrogen-bond donors (Lipinski definition) is 2. The number of benzene rings is 2. The molecule has 5 rings (SSSR count). The fourth-order valence-electron chi connectivity index (χ4n) is 5.31. The Morgan fingerprint density at radius 1 is 1.00 bits per heavy atom. The summed E-state index contributed by atoms with van der Waals surface area (Å²) in [4.78, 5) is 40.9. The molecular formula is C25H24N2O4. The molecule has 31 heavy (non-hydrogen) atoms. The molecule has 2 fully saturated rings. The molecule has 1 heterocycles. The van der Waals surface area contributed by atoms with Crippen LogP contribution in [0.25, 0.3) is 0 Å². The lowest BCUT2D eigenvalue weighted by Gasteiger charge is -2.28. The number of aromatic hydroxyl groups is 1. The lowest BCUT2D eigenvalue weighted by molar-refractivity contribution is -0.144. The normalized spacial score (nSPS) is 26.9. The molecule has 1 aliphatic heterocycles. The van der Waals surface area contributed by atoms with Crippen LogP contribution in [-0.4, -0.2) is 27.7 Å². The van der Waals surface area contributed by atoms with E-state index in [1.807, 2.05) is 31.2 Å². The Morgan fingerprint density at radius 2 is 1.58 bits per heavy atom. The minimum atomic E-state index is -0.650. The number of nitrogens with one attached hydrogen (secondary N) is 1. The predicted molar refractivity (Wildman–Crippen MR) is 115 cm³/mol. The SMILES string of the molecule is Cc1ccc(C(CC(=O)Nc2ccc(O)cc2)N2C(=O)C3C4C=CC(C4)C3C2=O)cc1. The minimum Gasteiger partial charge on any atom is -0.508 e. The Labute approximate surface area is 180 Å². The molecule has 3 amide bonds. The number of phenols is 1. The number of phenolic OH excluding ortho intramolecular Hbond substituents is 1. The van der Waals surface area contributed by atoms with Gasteiger partial charge in [0, 0.05) is 5.69 Å². The second-order valence-electron chi connectivity index (χ2n) is 8.77. The highest BCUT2D eigenvalue weighted by molar-refractivity contribution is 6.07. The van der Waals surface area contributed by atoms with Crippen LogP contribution in [0.2, 0.25) is 0 Å². The molecule has 5 atom stereocenters. The number of allylic oxidation sites excluding steroid dienone is 2. The molecular weight excluding hydrogens is 392 g/mol. The highest BCUT2D eigenvalue weighted by atomic mass is 16.3. The number of fused-ring (bicyclic) bond motifs is 5. The summed E-state index contributed by atoms with van der Waals surface area (Å²) in [5.74, 6) is -0.841. The van der Waals surface area contributed by atoms with Crippen LogP contribution in [0.5, 0.6) is 5.75 Å². The van der Waals surface area contributed by atoms with Gasteiger partial charge in [0.25, 0.3) is 0 Å². The predicted octanol–water partition coefficient (Wildman–Crippen LogP) is 3.58. The van der Waals surface area contributed by atoms with Gasteiger partial charge < -0.3 is 10.4 Å². The number of amides is 3. The zero-order valence-corrected chi connectivity index (χ0v) is 17.2. The monoisotopic (exact) mass is 416 g/mol. The number of carbonyl (C=O) groups excluding carboxylic acids is 3. The van der Waals surface area contributed by atoms with E-state index in [-0.39, 0.29) is 53.6 Å². The van der Waals surface area contributed by atoms with Gasteiger partial charge in [0.15, 0.2) is 0 Å². The average molecular weight is 416 g/mol. The second kappa shape index (κ2) is 7.38. The van der Waals surface area contributed by atoms with Crippen molar-refractivity contribution in [3.63, 3.8) is 0 Å². The summed E-state index contributed by atoms with van der Waals surface area (Å²) in [6.07, 6.45) is 4.98. The Bertz CT molecular complexity index is 1040. The number of nitrogens with zero attached hydrogens (tertiary/aromatic N) is 1. The van der Waals surface area contributed by atoms with Crippen molar-refractivity contribution in [2.45, 2.75) is 25.8 Å².